The maximum atomic E-state index is 12.6. The Morgan fingerprint density at radius 2 is 2.10 bits per heavy atom. The lowest BCUT2D eigenvalue weighted by Gasteiger charge is -2.12. The molecule has 0 saturated carbocycles. The van der Waals surface area contributed by atoms with Crippen molar-refractivity contribution in [1.82, 2.24) is 0 Å². The minimum Gasteiger partial charge on any atom is -0.393 e. The van der Waals surface area contributed by atoms with Crippen LogP contribution in [0.2, 0.25) is 0 Å². The molecule has 0 aromatic carbocycles. The second kappa shape index (κ2) is 5.66. The van der Waals surface area contributed by atoms with Crippen molar-refractivity contribution < 1.29 is 9.50 Å². The molecule has 0 unspecified atom stereocenters. The van der Waals surface area contributed by atoms with E-state index in [1.165, 1.54) is 0 Å². The van der Waals surface area contributed by atoms with Gasteiger partial charge < -0.3 is 5.11 Å². The Labute approximate surface area is 62.3 Å². The van der Waals surface area contributed by atoms with E-state index in [1.807, 2.05) is 6.92 Å². The summed E-state index contributed by atoms with van der Waals surface area (Å²) in [5.41, 5.74) is 0. The van der Waals surface area contributed by atoms with E-state index in [0.717, 1.165) is 19.3 Å². The van der Waals surface area contributed by atoms with E-state index in [0.29, 0.717) is 0 Å². The van der Waals surface area contributed by atoms with Gasteiger partial charge in [0.1, 0.15) is 6.17 Å². The largest absolute Gasteiger partial charge is 0.393 e. The van der Waals surface area contributed by atoms with Crippen molar-refractivity contribution in [1.29, 1.82) is 0 Å². The summed E-state index contributed by atoms with van der Waals surface area (Å²) in [6.07, 6.45) is 2.02. The molecule has 1 N–H and O–H groups in total. The van der Waals surface area contributed by atoms with Crippen molar-refractivity contribution in [2.24, 2.45) is 5.92 Å². The summed E-state index contributed by atoms with van der Waals surface area (Å²) in [6, 6.07) is 0. The van der Waals surface area contributed by atoms with Crippen molar-refractivity contribution in [2.45, 2.75) is 39.3 Å². The van der Waals surface area contributed by atoms with E-state index in [4.69, 9.17) is 5.11 Å². The molecule has 0 aromatic rings. The molecule has 0 aromatic heterocycles. The van der Waals surface area contributed by atoms with Crippen molar-refractivity contribution in [3.8, 4) is 0 Å². The van der Waals surface area contributed by atoms with Crippen LogP contribution in [0.15, 0.2) is 0 Å². The molecular formula is C8H17FO. The first kappa shape index (κ1) is 9.89. The average Bonchev–Trinajstić information content (AvgIpc) is 1.98. The number of alkyl halides is 1. The Kier molecular flexibility index (Phi) is 5.60. The number of hydrogen-bond acceptors (Lipinski definition) is 1. The minimum atomic E-state index is -1.02. The van der Waals surface area contributed by atoms with Crippen LogP contribution in [0.3, 0.4) is 0 Å². The quantitative estimate of drug-likeness (QED) is 0.633. The van der Waals surface area contributed by atoms with E-state index >= 15 is 0 Å². The van der Waals surface area contributed by atoms with Gasteiger partial charge in [-0.3, -0.25) is 0 Å². The van der Waals surface area contributed by atoms with Crippen LogP contribution in [0, 0.1) is 5.92 Å². The summed E-state index contributed by atoms with van der Waals surface area (Å²) in [4.78, 5) is 0. The van der Waals surface area contributed by atoms with Crippen LogP contribution in [0.4, 0.5) is 4.39 Å². The number of aliphatic hydroxyl groups is 1. The van der Waals surface area contributed by atoms with Gasteiger partial charge in [-0.05, 0) is 12.3 Å². The zero-order valence-electron chi connectivity index (χ0n) is 6.81. The highest BCUT2D eigenvalue weighted by Crippen LogP contribution is 2.14. The maximum absolute atomic E-state index is 12.6. The van der Waals surface area contributed by atoms with Crippen LogP contribution in [-0.2, 0) is 0 Å². The standard InChI is InChI=1S/C8H17FO/c1-3-4-5-7(2)8(9)6-10/h7-8,10H,3-6H2,1-2H3/t7-,8-/m1/s1. The van der Waals surface area contributed by atoms with Gasteiger partial charge in [0.15, 0.2) is 0 Å². The minimum absolute atomic E-state index is 0.0185. The van der Waals surface area contributed by atoms with Crippen LogP contribution in [-0.4, -0.2) is 17.9 Å². The molecule has 0 radical (unpaired) electrons. The van der Waals surface area contributed by atoms with Gasteiger partial charge in [-0.25, -0.2) is 4.39 Å². The fraction of sp³-hybridized carbons (Fsp3) is 1.00. The van der Waals surface area contributed by atoms with Gasteiger partial charge in [-0.15, -0.1) is 0 Å². The van der Waals surface area contributed by atoms with Gasteiger partial charge in [-0.2, -0.15) is 0 Å². The normalized spacial score (nSPS) is 16.8. The van der Waals surface area contributed by atoms with Gasteiger partial charge in [-0.1, -0.05) is 26.7 Å². The molecule has 0 bridgehead atoms. The summed E-state index contributed by atoms with van der Waals surface area (Å²) in [5, 5.41) is 8.43. The first-order chi connectivity index (χ1) is 4.72. The first-order valence-corrected chi connectivity index (χ1v) is 3.97. The predicted octanol–water partition coefficient (Wildman–Crippen LogP) is 2.14. The molecule has 0 aliphatic rings. The number of halogens is 1. The van der Waals surface area contributed by atoms with Crippen LogP contribution < -0.4 is 0 Å². The highest BCUT2D eigenvalue weighted by atomic mass is 19.1. The number of unbranched alkanes of at least 4 members (excludes halogenated alkanes) is 1. The Hall–Kier alpha value is -0.110. The molecule has 10 heavy (non-hydrogen) atoms. The Morgan fingerprint density at radius 3 is 2.50 bits per heavy atom. The summed E-state index contributed by atoms with van der Waals surface area (Å²) >= 11 is 0. The molecule has 0 heterocycles. The second-order valence-corrected chi connectivity index (χ2v) is 2.82. The van der Waals surface area contributed by atoms with Gasteiger partial charge in [0, 0.05) is 0 Å². The van der Waals surface area contributed by atoms with Crippen LogP contribution in [0.25, 0.3) is 0 Å². The highest BCUT2D eigenvalue weighted by Gasteiger charge is 2.13. The smallest absolute Gasteiger partial charge is 0.126 e. The van der Waals surface area contributed by atoms with E-state index in [1.54, 1.807) is 0 Å². The van der Waals surface area contributed by atoms with Crippen LogP contribution >= 0.6 is 0 Å². The molecule has 1 nitrogen and oxygen atoms in total. The van der Waals surface area contributed by atoms with Gasteiger partial charge in [0.2, 0.25) is 0 Å². The number of hydrogen-bond donors (Lipinski definition) is 1. The maximum Gasteiger partial charge on any atom is 0.126 e. The molecule has 0 rings (SSSR count). The van der Waals surface area contributed by atoms with Crippen molar-refractivity contribution in [3.05, 3.63) is 0 Å². The lowest BCUT2D eigenvalue weighted by atomic mass is 10.00. The molecule has 0 aliphatic carbocycles. The fourth-order valence-corrected chi connectivity index (χ4v) is 0.887. The molecule has 0 saturated heterocycles. The molecule has 62 valence electrons. The first-order valence-electron chi connectivity index (χ1n) is 3.97. The summed E-state index contributed by atoms with van der Waals surface area (Å²) < 4.78 is 12.6. The van der Waals surface area contributed by atoms with E-state index in [9.17, 15) is 4.39 Å². The lowest BCUT2D eigenvalue weighted by molar-refractivity contribution is 0.128. The second-order valence-electron chi connectivity index (χ2n) is 2.82. The van der Waals surface area contributed by atoms with Crippen LogP contribution in [0.1, 0.15) is 33.1 Å². The van der Waals surface area contributed by atoms with Crippen LogP contribution in [0.5, 0.6) is 0 Å². The fourth-order valence-electron chi connectivity index (χ4n) is 0.887. The topological polar surface area (TPSA) is 20.2 Å². The molecule has 0 spiro atoms. The predicted molar refractivity (Wildman–Crippen MR) is 40.7 cm³/mol. The Morgan fingerprint density at radius 1 is 1.50 bits per heavy atom. The SMILES string of the molecule is CCCC[C@@H](C)[C@H](F)CO. The molecule has 2 heteroatoms. The third kappa shape index (κ3) is 3.83. The molecule has 0 fully saturated rings. The molecular weight excluding hydrogens is 131 g/mol. The Bertz CT molecular complexity index is 75.7. The van der Waals surface area contributed by atoms with Crippen molar-refractivity contribution in [2.75, 3.05) is 6.61 Å². The molecule has 2 atom stereocenters. The van der Waals surface area contributed by atoms with Gasteiger partial charge in [0.25, 0.3) is 0 Å². The third-order valence-electron chi connectivity index (χ3n) is 1.80. The summed E-state index contributed by atoms with van der Waals surface area (Å²) in [6.45, 7) is 3.60. The third-order valence-corrected chi connectivity index (χ3v) is 1.80. The zero-order chi connectivity index (χ0) is 7.98. The van der Waals surface area contributed by atoms with Crippen molar-refractivity contribution >= 4 is 0 Å². The lowest BCUT2D eigenvalue weighted by Crippen LogP contribution is -2.16. The summed E-state index contributed by atoms with van der Waals surface area (Å²) in [5.74, 6) is 0.0185. The highest BCUT2D eigenvalue weighted by molar-refractivity contribution is 4.62. The van der Waals surface area contributed by atoms with Gasteiger partial charge >= 0.3 is 0 Å². The average molecular weight is 148 g/mol. The Balaban J connectivity index is 3.31. The monoisotopic (exact) mass is 148 g/mol. The van der Waals surface area contributed by atoms with E-state index < -0.39 is 6.17 Å². The zero-order valence-corrected chi connectivity index (χ0v) is 6.81. The number of aliphatic hydroxyl groups excluding tert-OH is 1. The molecule has 0 amide bonds. The summed E-state index contributed by atoms with van der Waals surface area (Å²) in [7, 11) is 0. The van der Waals surface area contributed by atoms with E-state index in [2.05, 4.69) is 6.92 Å². The van der Waals surface area contributed by atoms with Gasteiger partial charge in [0.05, 0.1) is 6.61 Å². The van der Waals surface area contributed by atoms with E-state index in [-0.39, 0.29) is 12.5 Å². The number of rotatable bonds is 5. The molecule has 0 aliphatic heterocycles. The van der Waals surface area contributed by atoms with Crippen molar-refractivity contribution in [3.63, 3.8) is 0 Å².